The average molecular weight is 288 g/mol. The van der Waals surface area contributed by atoms with E-state index in [1.165, 1.54) is 0 Å². The van der Waals surface area contributed by atoms with Crippen molar-refractivity contribution in [2.24, 2.45) is 7.05 Å². The van der Waals surface area contributed by atoms with Crippen LogP contribution >= 0.6 is 0 Å². The summed E-state index contributed by atoms with van der Waals surface area (Å²) in [5.41, 5.74) is 7.86. The van der Waals surface area contributed by atoms with Crippen molar-refractivity contribution < 1.29 is 9.53 Å². The summed E-state index contributed by atoms with van der Waals surface area (Å²) in [7, 11) is 1.88. The van der Waals surface area contributed by atoms with Gasteiger partial charge in [-0.2, -0.15) is 5.10 Å². The van der Waals surface area contributed by atoms with Crippen LogP contribution in [-0.4, -0.2) is 28.8 Å². The lowest BCUT2D eigenvalue weighted by atomic mass is 10.1. The number of benzene rings is 1. The minimum Gasteiger partial charge on any atom is -0.494 e. The molecule has 0 fully saturated rings. The second kappa shape index (κ2) is 6.78. The third-order valence-electron chi connectivity index (χ3n) is 3.09. The summed E-state index contributed by atoms with van der Waals surface area (Å²) in [6.45, 7) is 2.96. The summed E-state index contributed by atoms with van der Waals surface area (Å²) in [6, 6.07) is 6.97. The molecule has 0 aliphatic rings. The number of nitrogens with two attached hydrogens (primary N) is 1. The molecule has 6 nitrogen and oxygen atoms in total. The van der Waals surface area contributed by atoms with Gasteiger partial charge in [0.05, 0.1) is 6.61 Å². The monoisotopic (exact) mass is 288 g/mol. The zero-order valence-corrected chi connectivity index (χ0v) is 12.3. The van der Waals surface area contributed by atoms with Crippen molar-refractivity contribution in [1.29, 1.82) is 0 Å². The highest BCUT2D eigenvalue weighted by atomic mass is 16.5. The third-order valence-corrected chi connectivity index (χ3v) is 3.09. The van der Waals surface area contributed by atoms with E-state index in [0.29, 0.717) is 30.2 Å². The van der Waals surface area contributed by atoms with Gasteiger partial charge in [0.15, 0.2) is 0 Å². The fourth-order valence-electron chi connectivity index (χ4n) is 2.06. The Hall–Kier alpha value is -2.50. The predicted molar refractivity (Wildman–Crippen MR) is 81.3 cm³/mol. The molecule has 6 heteroatoms. The maximum Gasteiger partial charge on any atom is 0.251 e. The van der Waals surface area contributed by atoms with Crippen molar-refractivity contribution in [3.63, 3.8) is 0 Å². The van der Waals surface area contributed by atoms with Gasteiger partial charge < -0.3 is 15.8 Å². The Balaban J connectivity index is 1.95. The molecule has 0 radical (unpaired) electrons. The van der Waals surface area contributed by atoms with Crippen molar-refractivity contribution in [3.8, 4) is 5.75 Å². The van der Waals surface area contributed by atoms with Gasteiger partial charge >= 0.3 is 0 Å². The van der Waals surface area contributed by atoms with Gasteiger partial charge in [-0.25, -0.2) is 0 Å². The first kappa shape index (κ1) is 14.9. The minimum absolute atomic E-state index is 0.162. The molecule has 112 valence electrons. The molecule has 1 amide bonds. The second-order valence-corrected chi connectivity index (χ2v) is 4.68. The van der Waals surface area contributed by atoms with Crippen LogP contribution in [0.1, 0.15) is 23.0 Å². The van der Waals surface area contributed by atoms with E-state index in [1.807, 2.05) is 20.0 Å². The van der Waals surface area contributed by atoms with Crippen LogP contribution < -0.4 is 15.8 Å². The number of nitrogen functional groups attached to an aromatic ring is 1. The van der Waals surface area contributed by atoms with E-state index in [1.54, 1.807) is 29.1 Å². The number of carbonyl (C=O) groups excluding carboxylic acids is 1. The number of hydrogen-bond acceptors (Lipinski definition) is 4. The van der Waals surface area contributed by atoms with Gasteiger partial charge in [0.1, 0.15) is 5.75 Å². The molecule has 0 atom stereocenters. The predicted octanol–water partition coefficient (Wildman–Crippen LogP) is 1.37. The van der Waals surface area contributed by atoms with Crippen molar-refractivity contribution in [1.82, 2.24) is 15.1 Å². The van der Waals surface area contributed by atoms with Gasteiger partial charge in [-0.15, -0.1) is 0 Å². The number of carbonyl (C=O) groups is 1. The Kier molecular flexibility index (Phi) is 4.81. The lowest BCUT2D eigenvalue weighted by Crippen LogP contribution is -2.26. The molecule has 0 aliphatic carbocycles. The van der Waals surface area contributed by atoms with Crippen LogP contribution in [0.4, 0.5) is 5.69 Å². The van der Waals surface area contributed by atoms with Gasteiger partial charge in [0, 0.05) is 49.2 Å². The number of aromatic nitrogens is 2. The first-order chi connectivity index (χ1) is 10.1. The lowest BCUT2D eigenvalue weighted by Gasteiger charge is -2.09. The Bertz CT molecular complexity index is 622. The van der Waals surface area contributed by atoms with E-state index in [0.717, 1.165) is 12.1 Å². The molecule has 0 spiro atoms. The molecule has 21 heavy (non-hydrogen) atoms. The number of anilines is 1. The smallest absolute Gasteiger partial charge is 0.251 e. The summed E-state index contributed by atoms with van der Waals surface area (Å²) in [5.74, 6) is 0.444. The number of amides is 1. The zero-order valence-electron chi connectivity index (χ0n) is 12.3. The molecule has 0 aliphatic heterocycles. The van der Waals surface area contributed by atoms with Gasteiger partial charge in [0.25, 0.3) is 5.91 Å². The summed E-state index contributed by atoms with van der Waals surface area (Å²) in [4.78, 5) is 12.1. The molecule has 2 rings (SSSR count). The molecule has 2 aromatic rings. The first-order valence-corrected chi connectivity index (χ1v) is 6.88. The molecule has 1 aromatic heterocycles. The largest absolute Gasteiger partial charge is 0.494 e. The van der Waals surface area contributed by atoms with Crippen LogP contribution in [0.5, 0.6) is 5.75 Å². The number of nitrogens with one attached hydrogen (secondary N) is 1. The van der Waals surface area contributed by atoms with E-state index in [4.69, 9.17) is 10.5 Å². The van der Waals surface area contributed by atoms with Crippen LogP contribution in [0.15, 0.2) is 30.5 Å². The van der Waals surface area contributed by atoms with Gasteiger partial charge in [-0.3, -0.25) is 9.48 Å². The summed E-state index contributed by atoms with van der Waals surface area (Å²) < 4.78 is 7.18. The van der Waals surface area contributed by atoms with E-state index < -0.39 is 0 Å². The molecule has 1 aromatic carbocycles. The maximum atomic E-state index is 12.1. The molecule has 3 N–H and O–H groups in total. The van der Waals surface area contributed by atoms with Gasteiger partial charge in [-0.05, 0) is 25.1 Å². The fraction of sp³-hybridized carbons (Fsp3) is 0.333. The number of rotatable bonds is 6. The van der Waals surface area contributed by atoms with Crippen molar-refractivity contribution in [3.05, 3.63) is 41.7 Å². The number of ether oxygens (including phenoxy) is 1. The molecule has 0 saturated heterocycles. The van der Waals surface area contributed by atoms with E-state index >= 15 is 0 Å². The lowest BCUT2D eigenvalue weighted by molar-refractivity contribution is 0.0953. The number of aryl methyl sites for hydroxylation is 1. The van der Waals surface area contributed by atoms with Crippen molar-refractivity contribution in [2.45, 2.75) is 13.3 Å². The topological polar surface area (TPSA) is 82.2 Å². The summed E-state index contributed by atoms with van der Waals surface area (Å²) >= 11 is 0. The number of nitrogens with zero attached hydrogens (tertiary/aromatic N) is 2. The van der Waals surface area contributed by atoms with Crippen molar-refractivity contribution >= 4 is 11.6 Å². The average Bonchev–Trinajstić information content (AvgIpc) is 2.84. The van der Waals surface area contributed by atoms with Crippen LogP contribution in [0.25, 0.3) is 0 Å². The standard InChI is InChI=1S/C15H20N4O2/c1-3-21-14-9-11(8-12(16)10-14)15(20)17-6-4-13-5-7-18-19(13)2/h5,7-10H,3-4,6,16H2,1-2H3,(H,17,20). The van der Waals surface area contributed by atoms with Crippen molar-refractivity contribution in [2.75, 3.05) is 18.9 Å². The zero-order chi connectivity index (χ0) is 15.2. The Morgan fingerprint density at radius 2 is 2.24 bits per heavy atom. The molecular formula is C15H20N4O2. The maximum absolute atomic E-state index is 12.1. The van der Waals surface area contributed by atoms with Crippen LogP contribution in [0, 0.1) is 0 Å². The van der Waals surface area contributed by atoms with Gasteiger partial charge in [0.2, 0.25) is 0 Å². The summed E-state index contributed by atoms with van der Waals surface area (Å²) in [5, 5.41) is 6.96. The summed E-state index contributed by atoms with van der Waals surface area (Å²) in [6.07, 6.45) is 2.46. The molecule has 0 unspecified atom stereocenters. The Morgan fingerprint density at radius 1 is 1.43 bits per heavy atom. The molecule has 0 saturated carbocycles. The second-order valence-electron chi connectivity index (χ2n) is 4.68. The van der Waals surface area contributed by atoms with Crippen LogP contribution in [-0.2, 0) is 13.5 Å². The highest BCUT2D eigenvalue weighted by Gasteiger charge is 2.08. The van der Waals surface area contributed by atoms with E-state index in [9.17, 15) is 4.79 Å². The van der Waals surface area contributed by atoms with Crippen LogP contribution in [0.2, 0.25) is 0 Å². The number of hydrogen-bond donors (Lipinski definition) is 2. The highest BCUT2D eigenvalue weighted by molar-refractivity contribution is 5.95. The van der Waals surface area contributed by atoms with Gasteiger partial charge in [-0.1, -0.05) is 0 Å². The quantitative estimate of drug-likeness (QED) is 0.787. The fourth-order valence-corrected chi connectivity index (χ4v) is 2.06. The first-order valence-electron chi connectivity index (χ1n) is 6.88. The SMILES string of the molecule is CCOc1cc(N)cc(C(=O)NCCc2ccnn2C)c1. The normalized spacial score (nSPS) is 10.4. The Labute approximate surface area is 123 Å². The van der Waals surface area contributed by atoms with Crippen LogP contribution in [0.3, 0.4) is 0 Å². The highest BCUT2D eigenvalue weighted by Crippen LogP contribution is 2.18. The Morgan fingerprint density at radius 3 is 2.90 bits per heavy atom. The van der Waals surface area contributed by atoms with E-state index in [2.05, 4.69) is 10.4 Å². The third kappa shape index (κ3) is 3.98. The van der Waals surface area contributed by atoms with E-state index in [-0.39, 0.29) is 5.91 Å². The molecule has 0 bridgehead atoms. The minimum atomic E-state index is -0.162. The molecular weight excluding hydrogens is 268 g/mol. The molecule has 1 heterocycles.